The molecule has 2 rings (SSSR count). The highest BCUT2D eigenvalue weighted by molar-refractivity contribution is 5.35. The fraction of sp³-hybridized carbons (Fsp3) is 0.412. The summed E-state index contributed by atoms with van der Waals surface area (Å²) in [5.41, 5.74) is 3.60. The Morgan fingerprint density at radius 2 is 1.90 bits per heavy atom. The van der Waals surface area contributed by atoms with E-state index < -0.39 is 0 Å². The monoisotopic (exact) mass is 285 g/mol. The number of aromatic nitrogens is 2. The van der Waals surface area contributed by atoms with Crippen molar-refractivity contribution in [1.82, 2.24) is 15.1 Å². The summed E-state index contributed by atoms with van der Waals surface area (Å²) in [7, 11) is 0. The minimum absolute atomic E-state index is 0.000129. The maximum Gasteiger partial charge on any atom is 0.204 e. The van der Waals surface area contributed by atoms with Crippen LogP contribution in [0.25, 0.3) is 5.69 Å². The van der Waals surface area contributed by atoms with Crippen molar-refractivity contribution in [3.8, 4) is 5.69 Å². The van der Waals surface area contributed by atoms with Crippen molar-refractivity contribution < 1.29 is 0 Å². The van der Waals surface area contributed by atoms with Gasteiger partial charge in [-0.15, -0.1) is 0 Å². The Morgan fingerprint density at radius 1 is 1.19 bits per heavy atom. The van der Waals surface area contributed by atoms with Crippen LogP contribution in [0.3, 0.4) is 0 Å². The van der Waals surface area contributed by atoms with E-state index in [1.807, 2.05) is 35.9 Å². The molecule has 0 atom stereocenters. The van der Waals surface area contributed by atoms with Crippen LogP contribution >= 0.6 is 0 Å². The molecule has 1 aromatic carbocycles. The topological polar surface area (TPSA) is 46.9 Å². The summed E-state index contributed by atoms with van der Waals surface area (Å²) in [6.07, 6.45) is 2.25. The van der Waals surface area contributed by atoms with E-state index in [4.69, 9.17) is 0 Å². The molecule has 1 heterocycles. The minimum atomic E-state index is -0.000129. The summed E-state index contributed by atoms with van der Waals surface area (Å²) in [5, 5.41) is 7.79. The smallest absolute Gasteiger partial charge is 0.204 e. The largest absolute Gasteiger partial charge is 0.311 e. The summed E-state index contributed by atoms with van der Waals surface area (Å²) >= 11 is 0. The molecule has 0 amide bonds. The van der Waals surface area contributed by atoms with E-state index in [0.717, 1.165) is 30.8 Å². The lowest BCUT2D eigenvalue weighted by atomic mass is 10.2. The molecule has 2 aromatic rings. The first-order chi connectivity index (χ1) is 10.1. The lowest BCUT2D eigenvalue weighted by Gasteiger charge is -2.12. The molecule has 0 aliphatic heterocycles. The van der Waals surface area contributed by atoms with Gasteiger partial charge in [0.2, 0.25) is 5.43 Å². The summed E-state index contributed by atoms with van der Waals surface area (Å²) < 4.78 is 1.83. The Morgan fingerprint density at radius 3 is 2.57 bits per heavy atom. The van der Waals surface area contributed by atoms with Gasteiger partial charge in [-0.05, 0) is 38.9 Å². The van der Waals surface area contributed by atoms with Gasteiger partial charge in [0.15, 0.2) is 0 Å². The molecule has 1 aromatic heterocycles. The van der Waals surface area contributed by atoms with Crippen LogP contribution in [0.1, 0.15) is 36.7 Å². The number of hydrogen-bond donors (Lipinski definition) is 1. The second-order valence-corrected chi connectivity index (χ2v) is 5.37. The third-order valence-electron chi connectivity index (χ3n) is 3.46. The average Bonchev–Trinajstić information content (AvgIpc) is 2.47. The van der Waals surface area contributed by atoms with Crippen molar-refractivity contribution in [3.63, 3.8) is 0 Å². The normalized spacial score (nSPS) is 10.8. The number of benzene rings is 1. The fourth-order valence-electron chi connectivity index (χ4n) is 2.16. The molecule has 0 unspecified atom stereocenters. The van der Waals surface area contributed by atoms with Gasteiger partial charge < -0.3 is 5.32 Å². The van der Waals surface area contributed by atoms with Gasteiger partial charge in [0.25, 0.3) is 0 Å². The van der Waals surface area contributed by atoms with Gasteiger partial charge >= 0.3 is 0 Å². The van der Waals surface area contributed by atoms with Crippen molar-refractivity contribution in [2.45, 2.75) is 40.2 Å². The van der Waals surface area contributed by atoms with Gasteiger partial charge in [-0.1, -0.05) is 31.0 Å². The molecule has 4 nitrogen and oxygen atoms in total. The predicted octanol–water partition coefficient (Wildman–Crippen LogP) is 2.74. The Hall–Kier alpha value is -1.94. The zero-order valence-corrected chi connectivity index (χ0v) is 13.0. The molecular weight excluding hydrogens is 262 g/mol. The number of nitrogens with zero attached hydrogens (tertiary/aromatic N) is 2. The van der Waals surface area contributed by atoms with Crippen LogP contribution < -0.4 is 10.7 Å². The number of nitrogens with one attached hydrogen (secondary N) is 1. The van der Waals surface area contributed by atoms with Gasteiger partial charge in [-0.2, -0.15) is 5.10 Å². The van der Waals surface area contributed by atoms with Crippen LogP contribution in [0.2, 0.25) is 0 Å². The molecule has 112 valence electrons. The van der Waals surface area contributed by atoms with E-state index in [0.29, 0.717) is 12.2 Å². The van der Waals surface area contributed by atoms with Gasteiger partial charge in [0.05, 0.1) is 5.69 Å². The summed E-state index contributed by atoms with van der Waals surface area (Å²) in [6.45, 7) is 7.54. The molecule has 0 aliphatic rings. The lowest BCUT2D eigenvalue weighted by Crippen LogP contribution is -2.25. The number of hydrogen-bond acceptors (Lipinski definition) is 3. The van der Waals surface area contributed by atoms with Gasteiger partial charge in [-0.25, -0.2) is 4.68 Å². The highest BCUT2D eigenvalue weighted by Gasteiger charge is 2.07. The first kappa shape index (κ1) is 15.4. The Labute approximate surface area is 125 Å². The molecule has 0 spiro atoms. The second kappa shape index (κ2) is 7.18. The first-order valence-corrected chi connectivity index (χ1v) is 7.49. The SMILES string of the molecule is CCCCNCc1nn(-c2ccc(C)cc2)c(C)cc1=O. The van der Waals surface area contributed by atoms with Gasteiger partial charge in [0, 0.05) is 18.3 Å². The molecule has 4 heteroatoms. The first-order valence-electron chi connectivity index (χ1n) is 7.49. The standard InChI is InChI=1S/C17H23N3O/c1-4-5-10-18-12-16-17(21)11-14(3)20(19-16)15-8-6-13(2)7-9-15/h6-9,11,18H,4-5,10,12H2,1-3H3. The van der Waals surface area contributed by atoms with Crippen LogP contribution in [0.5, 0.6) is 0 Å². The molecule has 21 heavy (non-hydrogen) atoms. The number of aryl methyl sites for hydroxylation is 2. The number of rotatable bonds is 6. The van der Waals surface area contributed by atoms with Gasteiger partial charge in [-0.3, -0.25) is 4.79 Å². The quantitative estimate of drug-likeness (QED) is 0.830. The third-order valence-corrected chi connectivity index (χ3v) is 3.46. The average molecular weight is 285 g/mol. The van der Waals surface area contributed by atoms with Crippen LogP contribution in [0.4, 0.5) is 0 Å². The van der Waals surface area contributed by atoms with Crippen LogP contribution in [0, 0.1) is 13.8 Å². The summed E-state index contributed by atoms with van der Waals surface area (Å²) in [6, 6.07) is 9.80. The lowest BCUT2D eigenvalue weighted by molar-refractivity contribution is 0.615. The minimum Gasteiger partial charge on any atom is -0.311 e. The summed E-state index contributed by atoms with van der Waals surface area (Å²) in [5.74, 6) is 0. The summed E-state index contributed by atoms with van der Waals surface area (Å²) in [4.78, 5) is 12.0. The zero-order chi connectivity index (χ0) is 15.2. The molecular formula is C17H23N3O. The van der Waals surface area contributed by atoms with E-state index in [2.05, 4.69) is 24.3 Å². The molecule has 1 N–H and O–H groups in total. The maximum absolute atomic E-state index is 12.0. The van der Waals surface area contributed by atoms with E-state index in [9.17, 15) is 4.79 Å². The number of unbranched alkanes of at least 4 members (excludes halogenated alkanes) is 1. The molecule has 0 radical (unpaired) electrons. The fourth-order valence-corrected chi connectivity index (χ4v) is 2.16. The Kier molecular flexibility index (Phi) is 5.28. The van der Waals surface area contributed by atoms with E-state index in [1.165, 1.54) is 5.56 Å². The van der Waals surface area contributed by atoms with Crippen LogP contribution in [-0.2, 0) is 6.54 Å². The molecule has 0 bridgehead atoms. The molecule has 0 aliphatic carbocycles. The molecule has 0 saturated heterocycles. The van der Waals surface area contributed by atoms with Crippen LogP contribution in [0.15, 0.2) is 35.1 Å². The molecule has 0 fully saturated rings. The Bertz CT molecular complexity index is 644. The zero-order valence-electron chi connectivity index (χ0n) is 13.0. The predicted molar refractivity (Wildman–Crippen MR) is 85.9 cm³/mol. The second-order valence-electron chi connectivity index (χ2n) is 5.37. The third kappa shape index (κ3) is 4.02. The highest BCUT2D eigenvalue weighted by atomic mass is 16.1. The van der Waals surface area contributed by atoms with E-state index in [1.54, 1.807) is 6.07 Å². The van der Waals surface area contributed by atoms with Crippen molar-refractivity contribution in [2.75, 3.05) is 6.54 Å². The van der Waals surface area contributed by atoms with Crippen molar-refractivity contribution in [1.29, 1.82) is 0 Å². The van der Waals surface area contributed by atoms with Crippen molar-refractivity contribution in [2.24, 2.45) is 0 Å². The highest BCUT2D eigenvalue weighted by Crippen LogP contribution is 2.10. The van der Waals surface area contributed by atoms with Crippen molar-refractivity contribution >= 4 is 0 Å². The maximum atomic E-state index is 12.0. The Balaban J connectivity index is 2.25. The van der Waals surface area contributed by atoms with Crippen molar-refractivity contribution in [3.05, 3.63) is 57.5 Å². The van der Waals surface area contributed by atoms with Crippen LogP contribution in [-0.4, -0.2) is 16.3 Å². The molecule has 0 saturated carbocycles. The van der Waals surface area contributed by atoms with E-state index in [-0.39, 0.29) is 5.43 Å². The van der Waals surface area contributed by atoms with Gasteiger partial charge in [0.1, 0.15) is 5.69 Å². The van der Waals surface area contributed by atoms with E-state index >= 15 is 0 Å².